The highest BCUT2D eigenvalue weighted by molar-refractivity contribution is 8.00. The zero-order valence-electron chi connectivity index (χ0n) is 12.9. The van der Waals surface area contributed by atoms with Gasteiger partial charge in [0, 0.05) is 29.6 Å². The number of amides is 1. The Hall–Kier alpha value is -1.31. The smallest absolute Gasteiger partial charge is 0.269 e. The van der Waals surface area contributed by atoms with Crippen molar-refractivity contribution < 1.29 is 9.72 Å². The second-order valence-electron chi connectivity index (χ2n) is 4.71. The lowest BCUT2D eigenvalue weighted by molar-refractivity contribution is -0.384. The van der Waals surface area contributed by atoms with Crippen LogP contribution in [0.25, 0.3) is 0 Å². The van der Waals surface area contributed by atoms with Crippen LogP contribution < -0.4 is 10.6 Å². The molecule has 0 saturated heterocycles. The molecular formula is C14H22ClN3O3S. The average molecular weight is 348 g/mol. The second-order valence-corrected chi connectivity index (χ2v) is 6.13. The monoisotopic (exact) mass is 347 g/mol. The molecule has 6 nitrogen and oxygen atoms in total. The molecule has 0 saturated carbocycles. The quantitative estimate of drug-likeness (QED) is 0.429. The van der Waals surface area contributed by atoms with Crippen LogP contribution in [0.1, 0.15) is 20.8 Å². The molecule has 1 rings (SSSR count). The molecule has 0 heterocycles. The van der Waals surface area contributed by atoms with Gasteiger partial charge >= 0.3 is 0 Å². The topological polar surface area (TPSA) is 84.3 Å². The third-order valence-corrected chi connectivity index (χ3v) is 3.98. The molecule has 0 aromatic heterocycles. The standard InChI is InChI=1S/C14H21N3O3S.ClH/c1-4-15-10(2)9-16-14(18)11(3)21-13-7-5-12(6-8-13)17(19)20;/h5-8,10-11,15H,4,9H2,1-3H3,(H,16,18);1H/t10-,11?;/m1./s1. The molecule has 1 aromatic rings. The summed E-state index contributed by atoms with van der Waals surface area (Å²) in [6, 6.07) is 6.44. The van der Waals surface area contributed by atoms with Crippen LogP contribution in [0.5, 0.6) is 0 Å². The van der Waals surface area contributed by atoms with Gasteiger partial charge in [0.15, 0.2) is 0 Å². The van der Waals surface area contributed by atoms with Crippen molar-refractivity contribution in [3.63, 3.8) is 0 Å². The lowest BCUT2D eigenvalue weighted by atomic mass is 10.3. The summed E-state index contributed by atoms with van der Waals surface area (Å²) in [7, 11) is 0. The van der Waals surface area contributed by atoms with Crippen molar-refractivity contribution in [3.8, 4) is 0 Å². The maximum absolute atomic E-state index is 12.0. The van der Waals surface area contributed by atoms with E-state index in [1.54, 1.807) is 12.1 Å². The number of carbonyl (C=O) groups is 1. The number of halogens is 1. The molecule has 2 N–H and O–H groups in total. The van der Waals surface area contributed by atoms with Crippen LogP contribution in [-0.4, -0.2) is 35.2 Å². The van der Waals surface area contributed by atoms with E-state index in [4.69, 9.17) is 0 Å². The molecule has 124 valence electrons. The Kier molecular flexibility index (Phi) is 9.80. The number of hydrogen-bond donors (Lipinski definition) is 2. The number of carbonyl (C=O) groups excluding carboxylic acids is 1. The van der Waals surface area contributed by atoms with Gasteiger partial charge in [-0.05, 0) is 32.5 Å². The number of nitro groups is 1. The van der Waals surface area contributed by atoms with E-state index in [2.05, 4.69) is 10.6 Å². The Morgan fingerprint density at radius 2 is 1.91 bits per heavy atom. The van der Waals surface area contributed by atoms with Gasteiger partial charge < -0.3 is 10.6 Å². The largest absolute Gasteiger partial charge is 0.354 e. The number of nitrogens with zero attached hydrogens (tertiary/aromatic N) is 1. The van der Waals surface area contributed by atoms with Crippen molar-refractivity contribution in [1.82, 2.24) is 10.6 Å². The van der Waals surface area contributed by atoms with E-state index >= 15 is 0 Å². The van der Waals surface area contributed by atoms with Gasteiger partial charge in [0.2, 0.25) is 5.91 Å². The van der Waals surface area contributed by atoms with Crippen LogP contribution in [0.15, 0.2) is 29.2 Å². The lowest BCUT2D eigenvalue weighted by Gasteiger charge is -2.16. The van der Waals surface area contributed by atoms with Crippen LogP contribution in [0.4, 0.5) is 5.69 Å². The first kappa shape index (κ1) is 20.7. The molecule has 1 aromatic carbocycles. The van der Waals surface area contributed by atoms with Gasteiger partial charge in [-0.25, -0.2) is 0 Å². The van der Waals surface area contributed by atoms with Gasteiger partial charge in [-0.2, -0.15) is 0 Å². The number of non-ortho nitro benzene ring substituents is 1. The molecule has 0 spiro atoms. The normalized spacial score (nSPS) is 12.9. The molecule has 8 heteroatoms. The minimum Gasteiger partial charge on any atom is -0.354 e. The number of thioether (sulfide) groups is 1. The van der Waals surface area contributed by atoms with E-state index in [0.717, 1.165) is 11.4 Å². The average Bonchev–Trinajstić information content (AvgIpc) is 2.45. The number of benzene rings is 1. The Morgan fingerprint density at radius 1 is 1.32 bits per heavy atom. The van der Waals surface area contributed by atoms with E-state index in [1.807, 2.05) is 20.8 Å². The van der Waals surface area contributed by atoms with Crippen LogP contribution in [0.2, 0.25) is 0 Å². The zero-order valence-corrected chi connectivity index (χ0v) is 14.5. The first-order chi connectivity index (χ1) is 9.93. The van der Waals surface area contributed by atoms with Crippen LogP contribution in [0, 0.1) is 10.1 Å². The molecule has 0 aliphatic carbocycles. The van der Waals surface area contributed by atoms with Gasteiger partial charge in [-0.3, -0.25) is 14.9 Å². The fraction of sp³-hybridized carbons (Fsp3) is 0.500. The Morgan fingerprint density at radius 3 is 2.41 bits per heavy atom. The fourth-order valence-electron chi connectivity index (χ4n) is 1.72. The second kappa shape index (κ2) is 10.4. The third-order valence-electron chi connectivity index (χ3n) is 2.86. The Bertz CT molecular complexity index is 485. The molecule has 2 atom stereocenters. The van der Waals surface area contributed by atoms with Crippen molar-refractivity contribution in [2.45, 2.75) is 37.0 Å². The summed E-state index contributed by atoms with van der Waals surface area (Å²) in [6.45, 7) is 7.30. The molecular weight excluding hydrogens is 326 g/mol. The first-order valence-corrected chi connectivity index (χ1v) is 7.74. The zero-order chi connectivity index (χ0) is 15.8. The third kappa shape index (κ3) is 7.11. The highest BCUT2D eigenvalue weighted by Crippen LogP contribution is 2.25. The van der Waals surface area contributed by atoms with Crippen molar-refractivity contribution >= 4 is 35.8 Å². The van der Waals surface area contributed by atoms with E-state index in [0.29, 0.717) is 6.54 Å². The number of rotatable bonds is 8. The summed E-state index contributed by atoms with van der Waals surface area (Å²) < 4.78 is 0. The predicted octanol–water partition coefficient (Wildman–Crippen LogP) is 2.61. The van der Waals surface area contributed by atoms with Crippen LogP contribution in [-0.2, 0) is 4.79 Å². The molecule has 22 heavy (non-hydrogen) atoms. The molecule has 0 aliphatic heterocycles. The van der Waals surface area contributed by atoms with Gasteiger partial charge in [-0.15, -0.1) is 24.2 Å². The Balaban J connectivity index is 0.00000441. The summed E-state index contributed by atoms with van der Waals surface area (Å²) in [6.07, 6.45) is 0. The molecule has 0 radical (unpaired) electrons. The summed E-state index contributed by atoms with van der Waals surface area (Å²) in [5.74, 6) is -0.0388. The number of likely N-dealkylation sites (N-methyl/N-ethyl adjacent to an activating group) is 1. The molecule has 1 unspecified atom stereocenters. The van der Waals surface area contributed by atoms with E-state index in [9.17, 15) is 14.9 Å². The summed E-state index contributed by atoms with van der Waals surface area (Å²) in [4.78, 5) is 22.9. The van der Waals surface area contributed by atoms with E-state index in [1.165, 1.54) is 23.9 Å². The van der Waals surface area contributed by atoms with E-state index < -0.39 is 4.92 Å². The van der Waals surface area contributed by atoms with Crippen LogP contribution >= 0.6 is 24.2 Å². The fourth-order valence-corrected chi connectivity index (χ4v) is 2.61. The summed E-state index contributed by atoms with van der Waals surface area (Å²) in [5, 5.41) is 16.4. The van der Waals surface area contributed by atoms with Crippen molar-refractivity contribution in [2.24, 2.45) is 0 Å². The molecule has 0 aliphatic rings. The van der Waals surface area contributed by atoms with Gasteiger partial charge in [0.1, 0.15) is 0 Å². The van der Waals surface area contributed by atoms with E-state index in [-0.39, 0.29) is 35.3 Å². The molecule has 0 fully saturated rings. The highest BCUT2D eigenvalue weighted by atomic mass is 35.5. The Labute approximate surface area is 141 Å². The van der Waals surface area contributed by atoms with Crippen molar-refractivity contribution in [3.05, 3.63) is 34.4 Å². The molecule has 1 amide bonds. The van der Waals surface area contributed by atoms with Gasteiger partial charge in [0.05, 0.1) is 10.2 Å². The van der Waals surface area contributed by atoms with Gasteiger partial charge in [-0.1, -0.05) is 6.92 Å². The van der Waals surface area contributed by atoms with Crippen molar-refractivity contribution in [1.29, 1.82) is 0 Å². The SMILES string of the molecule is CCN[C@H](C)CNC(=O)C(C)Sc1ccc([N+](=O)[O-])cc1.Cl. The van der Waals surface area contributed by atoms with Crippen molar-refractivity contribution in [2.75, 3.05) is 13.1 Å². The number of nitrogens with one attached hydrogen (secondary N) is 2. The molecule has 0 bridgehead atoms. The minimum absolute atomic E-state index is 0. The first-order valence-electron chi connectivity index (χ1n) is 6.86. The predicted molar refractivity (Wildman–Crippen MR) is 91.8 cm³/mol. The van der Waals surface area contributed by atoms with Gasteiger partial charge in [0.25, 0.3) is 5.69 Å². The lowest BCUT2D eigenvalue weighted by Crippen LogP contribution is -2.41. The maximum atomic E-state index is 12.0. The highest BCUT2D eigenvalue weighted by Gasteiger charge is 2.15. The maximum Gasteiger partial charge on any atom is 0.269 e. The minimum atomic E-state index is -0.438. The summed E-state index contributed by atoms with van der Waals surface area (Å²) in [5.41, 5.74) is 0.0518. The number of hydrogen-bond acceptors (Lipinski definition) is 5. The summed E-state index contributed by atoms with van der Waals surface area (Å²) >= 11 is 1.38. The van der Waals surface area contributed by atoms with Crippen LogP contribution in [0.3, 0.4) is 0 Å². The number of nitro benzene ring substituents is 1.